The first-order valence-corrected chi connectivity index (χ1v) is 18.9. The lowest BCUT2D eigenvalue weighted by Gasteiger charge is -2.64. The van der Waals surface area contributed by atoms with Gasteiger partial charge in [0.15, 0.2) is 5.78 Å². The van der Waals surface area contributed by atoms with Gasteiger partial charge < -0.3 is 14.6 Å². The van der Waals surface area contributed by atoms with Crippen LogP contribution in [0.25, 0.3) is 0 Å². The molecular weight excluding hydrogens is 625 g/mol. The van der Waals surface area contributed by atoms with Crippen LogP contribution in [0.15, 0.2) is 53.4 Å². The molecule has 0 aromatic heterocycles. The van der Waals surface area contributed by atoms with Crippen molar-refractivity contribution in [2.45, 2.75) is 109 Å². The quantitative estimate of drug-likeness (QED) is 0.178. The maximum absolute atomic E-state index is 14.1. The predicted molar refractivity (Wildman–Crippen MR) is 185 cm³/mol. The molecule has 2 bridgehead atoms. The first kappa shape index (κ1) is 36.3. The molecule has 2 aromatic rings. The third kappa shape index (κ3) is 7.57. The number of carbonyl (C=O) groups excluding carboxylic acids is 2. The smallest absolute Gasteiger partial charge is 0.404 e. The highest BCUT2D eigenvalue weighted by atomic mass is 32.2. The van der Waals surface area contributed by atoms with E-state index in [0.717, 1.165) is 37.7 Å². The monoisotopic (exact) mass is 675 g/mol. The Bertz CT molecular complexity index is 1620. The van der Waals surface area contributed by atoms with Gasteiger partial charge in [-0.05, 0) is 92.0 Å². The zero-order chi connectivity index (χ0) is 34.9. The van der Waals surface area contributed by atoms with Crippen LogP contribution in [0, 0.1) is 40.4 Å². The topological polar surface area (TPSA) is 135 Å². The van der Waals surface area contributed by atoms with E-state index in [9.17, 15) is 18.0 Å². The average Bonchev–Trinajstić information content (AvgIpc) is 3.42. The lowest BCUT2D eigenvalue weighted by molar-refractivity contribution is -0.199. The average molecular weight is 676 g/mol. The van der Waals surface area contributed by atoms with Gasteiger partial charge in [0.25, 0.3) is 0 Å². The molecule has 4 fully saturated rings. The second-order valence-corrected chi connectivity index (χ2v) is 17.0. The van der Waals surface area contributed by atoms with Crippen molar-refractivity contribution in [3.63, 3.8) is 0 Å². The number of amides is 1. The Kier molecular flexibility index (Phi) is 10.9. The molecule has 2 aromatic carbocycles. The number of hydrogen-bond acceptors (Lipinski definition) is 7. The number of aryl methyl sites for hydroxylation is 1. The Morgan fingerprint density at radius 1 is 1.06 bits per heavy atom. The fourth-order valence-electron chi connectivity index (χ4n) is 7.96. The summed E-state index contributed by atoms with van der Waals surface area (Å²) in [5, 5.41) is 12.2. The van der Waals surface area contributed by atoms with Gasteiger partial charge in [-0.15, -0.1) is 0 Å². The van der Waals surface area contributed by atoms with Crippen LogP contribution in [0.1, 0.15) is 102 Å². The van der Waals surface area contributed by atoms with Crippen molar-refractivity contribution < 1.29 is 27.3 Å². The second-order valence-electron chi connectivity index (χ2n) is 15.2. The molecule has 1 heterocycles. The Labute approximate surface area is 286 Å². The molecule has 2 N–H and O–H groups in total. The summed E-state index contributed by atoms with van der Waals surface area (Å²) >= 11 is 0. The zero-order valence-corrected chi connectivity index (χ0v) is 29.9. The second kappa shape index (κ2) is 14.4. The first-order chi connectivity index (χ1) is 22.7. The highest BCUT2D eigenvalue weighted by Crippen LogP contribution is 2.65. The fraction of sp³-hybridized carbons (Fsp3) is 0.595. The largest absolute Gasteiger partial charge is 0.481 e. The highest BCUT2D eigenvalue weighted by Gasteiger charge is 2.68. The van der Waals surface area contributed by atoms with E-state index in [4.69, 9.17) is 14.6 Å². The van der Waals surface area contributed by atoms with E-state index in [0.29, 0.717) is 29.4 Å². The normalized spacial score (nSPS) is 25.5. The summed E-state index contributed by atoms with van der Waals surface area (Å²) in [4.78, 5) is 27.6. The number of unbranched alkanes of at least 4 members (excludes halogenated alkanes) is 1. The Balaban J connectivity index is 1.34. The van der Waals surface area contributed by atoms with Crippen LogP contribution in [0.4, 0.5) is 0 Å². The number of hydrogen-bond donors (Lipinski definition) is 2. The predicted octanol–water partition coefficient (Wildman–Crippen LogP) is 5.87. The number of nitrogens with one attached hydrogen (secondary N) is 2. The number of nitriles is 1. The van der Waals surface area contributed by atoms with Crippen LogP contribution in [0.5, 0.6) is 0 Å². The third-order valence-electron chi connectivity index (χ3n) is 11.1. The third-order valence-corrected chi connectivity index (χ3v) is 12.5. The fourth-order valence-corrected chi connectivity index (χ4v) is 9.04. The molecule has 258 valence electrons. The van der Waals surface area contributed by atoms with Crippen molar-refractivity contribution in [2.24, 2.45) is 29.1 Å². The summed E-state index contributed by atoms with van der Waals surface area (Å²) in [6.45, 7) is 12.7. The summed E-state index contributed by atoms with van der Waals surface area (Å²) in [6, 6.07) is 14.9. The molecule has 6 atom stereocenters. The van der Waals surface area contributed by atoms with E-state index in [1.54, 1.807) is 12.1 Å². The van der Waals surface area contributed by atoms with Crippen molar-refractivity contribution in [2.75, 3.05) is 6.54 Å². The Hall–Kier alpha value is -3.04. The number of Topliss-reactive ketones (excluding diaryl/α,β-unsaturated/α-hetero) is 1. The van der Waals surface area contributed by atoms with E-state index >= 15 is 0 Å². The van der Waals surface area contributed by atoms with E-state index in [1.165, 1.54) is 24.3 Å². The number of ketones is 1. The summed E-state index contributed by atoms with van der Waals surface area (Å²) < 4.78 is 42.3. The number of benzene rings is 2. The molecule has 1 amide bonds. The molecule has 1 aliphatic heterocycles. The van der Waals surface area contributed by atoms with Gasteiger partial charge in [-0.1, -0.05) is 65.3 Å². The van der Waals surface area contributed by atoms with Gasteiger partial charge in [0.05, 0.1) is 40.1 Å². The van der Waals surface area contributed by atoms with Crippen molar-refractivity contribution in [1.29, 1.82) is 5.26 Å². The molecular formula is C37H50BN3O6S. The van der Waals surface area contributed by atoms with Gasteiger partial charge in [0.1, 0.15) is 0 Å². The number of rotatable bonds is 15. The number of carbonyl (C=O) groups is 2. The van der Waals surface area contributed by atoms with E-state index in [-0.39, 0.29) is 41.1 Å². The summed E-state index contributed by atoms with van der Waals surface area (Å²) in [7, 11) is -4.68. The van der Waals surface area contributed by atoms with Crippen LogP contribution in [0.3, 0.4) is 0 Å². The summed E-state index contributed by atoms with van der Waals surface area (Å²) in [5.41, 5.74) is 1.67. The van der Waals surface area contributed by atoms with Crippen molar-refractivity contribution in [3.05, 3.63) is 65.2 Å². The van der Waals surface area contributed by atoms with Crippen molar-refractivity contribution >= 4 is 28.8 Å². The molecule has 48 heavy (non-hydrogen) atoms. The Morgan fingerprint density at radius 2 is 1.75 bits per heavy atom. The molecule has 0 spiro atoms. The van der Waals surface area contributed by atoms with Crippen molar-refractivity contribution in [3.8, 4) is 6.07 Å². The minimum absolute atomic E-state index is 0.0303. The molecule has 0 radical (unpaired) electrons. The van der Waals surface area contributed by atoms with Crippen LogP contribution in [0.2, 0.25) is 0 Å². The van der Waals surface area contributed by atoms with Gasteiger partial charge >= 0.3 is 7.12 Å². The van der Waals surface area contributed by atoms with Crippen LogP contribution in [-0.4, -0.2) is 51.4 Å². The molecule has 9 nitrogen and oxygen atoms in total. The summed E-state index contributed by atoms with van der Waals surface area (Å²) in [6.07, 6.45) is 5.44. The minimum atomic E-state index is -4.03. The lowest BCUT2D eigenvalue weighted by atomic mass is 9.43. The minimum Gasteiger partial charge on any atom is -0.404 e. The molecule has 3 aliphatic carbocycles. The van der Waals surface area contributed by atoms with Crippen LogP contribution in [-0.2, 0) is 30.5 Å². The van der Waals surface area contributed by atoms with Gasteiger partial charge in [-0.2, -0.15) is 5.26 Å². The van der Waals surface area contributed by atoms with Crippen LogP contribution < -0.4 is 10.0 Å². The molecule has 0 unspecified atom stereocenters. The summed E-state index contributed by atoms with van der Waals surface area (Å²) in [5.74, 6) is -0.996. The molecule has 3 saturated carbocycles. The molecule has 4 aliphatic rings. The highest BCUT2D eigenvalue weighted by molar-refractivity contribution is 7.89. The number of nitrogens with zero attached hydrogens (tertiary/aromatic N) is 1. The maximum atomic E-state index is 14.1. The molecule has 11 heteroatoms. The van der Waals surface area contributed by atoms with Gasteiger partial charge in [-0.25, -0.2) is 13.1 Å². The van der Waals surface area contributed by atoms with Crippen molar-refractivity contribution in [1.82, 2.24) is 10.0 Å². The van der Waals surface area contributed by atoms with Gasteiger partial charge in [-0.3, -0.25) is 9.59 Å². The van der Waals surface area contributed by atoms with Gasteiger partial charge in [0, 0.05) is 18.5 Å². The number of sulfonamides is 1. The lowest BCUT2D eigenvalue weighted by Crippen LogP contribution is -2.65. The van der Waals surface area contributed by atoms with Gasteiger partial charge in [0.2, 0.25) is 15.9 Å². The SMILES string of the molecule is CCCCc1ccc(C(=O)C[C@@H](CNS(=O)(=O)c2ccc(C#N)cc2)C(=O)N[C@@H](CC(C)C)B2O[C@@H]3C[C@@H]4C[C@@H](C4(C)C)[C@]3(C)O2)cc1. The molecule has 6 rings (SSSR count). The first-order valence-electron chi connectivity index (χ1n) is 17.4. The van der Waals surface area contributed by atoms with E-state index < -0.39 is 40.5 Å². The molecule has 1 saturated heterocycles. The maximum Gasteiger partial charge on any atom is 0.481 e. The standard InChI is InChI=1S/C37H50BN3O6S/c1-7-8-9-25-10-14-27(15-11-25)31(42)19-28(23-40-48(44,45)30-16-12-26(22-39)13-17-30)35(43)41-34(18-24(2)3)38-46-33-21-29-20-32(36(29,4)5)37(33,6)47-38/h10-17,24,28-29,32-34,40H,7-9,18-21,23H2,1-6H3,(H,41,43)/t28-,29-,32-,33+,34-,37-/m0/s1. The van der Waals surface area contributed by atoms with E-state index in [1.807, 2.05) is 18.2 Å². The van der Waals surface area contributed by atoms with Crippen LogP contribution >= 0.6 is 0 Å². The Morgan fingerprint density at radius 3 is 2.35 bits per heavy atom. The zero-order valence-electron chi connectivity index (χ0n) is 29.1. The van der Waals surface area contributed by atoms with E-state index in [2.05, 4.69) is 51.6 Å².